The van der Waals surface area contributed by atoms with Crippen molar-refractivity contribution in [2.75, 3.05) is 42.9 Å². The van der Waals surface area contributed by atoms with E-state index in [1.807, 2.05) is 24.8 Å². The van der Waals surface area contributed by atoms with Gasteiger partial charge in [0.2, 0.25) is 11.9 Å². The molecule has 39 heavy (non-hydrogen) atoms. The standard InChI is InChI=1S/C30H40N6O3/c1-4-6-7-27(37)35-16-14-34(15-17-35)26(18-22-8-9-22)24-12-10-23(11-13-24)21(3)32-29-31-19-25-20-39-30(38)36(5-2)28(25)33-29/h6-7,10-13,19,21-22,26H,4-5,8-9,14-18,20H2,1-3H3,(H,31,32,33)/b7-6+/t21-,26-/m0/s1. The van der Waals surface area contributed by atoms with Gasteiger partial charge in [0.15, 0.2) is 0 Å². The van der Waals surface area contributed by atoms with Crippen LogP contribution in [0.1, 0.15) is 75.2 Å². The molecule has 3 aliphatic rings. The number of fused-ring (bicyclic) bond motifs is 1. The van der Waals surface area contributed by atoms with Crippen LogP contribution in [0.3, 0.4) is 0 Å². The van der Waals surface area contributed by atoms with Crippen LogP contribution in [-0.2, 0) is 16.1 Å². The van der Waals surface area contributed by atoms with Gasteiger partial charge in [-0.3, -0.25) is 14.6 Å². The van der Waals surface area contributed by atoms with E-state index in [-0.39, 0.29) is 24.6 Å². The van der Waals surface area contributed by atoms with Gasteiger partial charge >= 0.3 is 6.09 Å². The highest BCUT2D eigenvalue weighted by molar-refractivity contribution is 5.89. The normalized spacial score (nSPS) is 19.5. The van der Waals surface area contributed by atoms with Crippen molar-refractivity contribution in [3.63, 3.8) is 0 Å². The first-order valence-corrected chi connectivity index (χ1v) is 14.3. The summed E-state index contributed by atoms with van der Waals surface area (Å²) in [5.41, 5.74) is 3.30. The van der Waals surface area contributed by atoms with Gasteiger partial charge in [0, 0.05) is 45.0 Å². The van der Waals surface area contributed by atoms with Gasteiger partial charge in [0.25, 0.3) is 0 Å². The van der Waals surface area contributed by atoms with Crippen LogP contribution in [0.15, 0.2) is 42.6 Å². The van der Waals surface area contributed by atoms with Crippen LogP contribution in [-0.4, -0.2) is 64.5 Å². The van der Waals surface area contributed by atoms with Gasteiger partial charge in [0.05, 0.1) is 11.6 Å². The van der Waals surface area contributed by atoms with Crippen molar-refractivity contribution in [3.8, 4) is 0 Å². The number of allylic oxidation sites excluding steroid dienone is 1. The van der Waals surface area contributed by atoms with Crippen LogP contribution in [0.4, 0.5) is 16.6 Å². The Morgan fingerprint density at radius 2 is 1.85 bits per heavy atom. The van der Waals surface area contributed by atoms with Crippen molar-refractivity contribution in [2.24, 2.45) is 5.92 Å². The number of hydrogen-bond acceptors (Lipinski definition) is 7. The number of anilines is 2. The molecule has 1 saturated heterocycles. The number of amides is 2. The lowest BCUT2D eigenvalue weighted by Crippen LogP contribution is -2.49. The zero-order valence-corrected chi connectivity index (χ0v) is 23.3. The minimum Gasteiger partial charge on any atom is -0.444 e. The number of piperazine rings is 1. The fourth-order valence-electron chi connectivity index (χ4n) is 5.41. The van der Waals surface area contributed by atoms with E-state index < -0.39 is 0 Å². The van der Waals surface area contributed by atoms with Crippen molar-refractivity contribution in [1.82, 2.24) is 19.8 Å². The Kier molecular flexibility index (Phi) is 8.45. The maximum Gasteiger partial charge on any atom is 0.415 e. The van der Waals surface area contributed by atoms with Gasteiger partial charge in [-0.25, -0.2) is 9.78 Å². The second kappa shape index (κ2) is 12.2. The van der Waals surface area contributed by atoms with E-state index in [1.165, 1.54) is 29.7 Å². The third-order valence-corrected chi connectivity index (χ3v) is 7.97. The Bertz CT molecular complexity index is 1190. The molecular formula is C30H40N6O3. The molecule has 0 bridgehead atoms. The highest BCUT2D eigenvalue weighted by atomic mass is 16.6. The summed E-state index contributed by atoms with van der Waals surface area (Å²) < 4.78 is 5.19. The molecular weight excluding hydrogens is 492 g/mol. The summed E-state index contributed by atoms with van der Waals surface area (Å²) in [4.78, 5) is 39.7. The average molecular weight is 533 g/mol. The van der Waals surface area contributed by atoms with Gasteiger partial charge in [-0.15, -0.1) is 0 Å². The van der Waals surface area contributed by atoms with Crippen molar-refractivity contribution in [2.45, 2.75) is 65.1 Å². The predicted molar refractivity (Wildman–Crippen MR) is 151 cm³/mol. The Morgan fingerprint density at radius 1 is 1.13 bits per heavy atom. The first kappa shape index (κ1) is 27.1. The van der Waals surface area contributed by atoms with Gasteiger partial charge in [0.1, 0.15) is 12.4 Å². The molecule has 2 amide bonds. The molecule has 1 N–H and O–H groups in total. The molecule has 1 aliphatic carbocycles. The average Bonchev–Trinajstić information content (AvgIpc) is 3.79. The molecule has 208 valence electrons. The maximum absolute atomic E-state index is 12.4. The van der Waals surface area contributed by atoms with Crippen molar-refractivity contribution in [1.29, 1.82) is 0 Å². The zero-order valence-electron chi connectivity index (χ0n) is 23.3. The number of rotatable bonds is 10. The Morgan fingerprint density at radius 3 is 2.51 bits per heavy atom. The van der Waals surface area contributed by atoms with E-state index in [4.69, 9.17) is 4.74 Å². The van der Waals surface area contributed by atoms with E-state index in [1.54, 1.807) is 12.3 Å². The highest BCUT2D eigenvalue weighted by Gasteiger charge is 2.32. The summed E-state index contributed by atoms with van der Waals surface area (Å²) in [6, 6.07) is 9.26. The van der Waals surface area contributed by atoms with Crippen LogP contribution >= 0.6 is 0 Å². The quantitative estimate of drug-likeness (QED) is 0.427. The topological polar surface area (TPSA) is 90.9 Å². The van der Waals surface area contributed by atoms with Crippen molar-refractivity contribution >= 4 is 23.8 Å². The first-order valence-electron chi connectivity index (χ1n) is 14.3. The number of ether oxygens (including phenoxy) is 1. The minimum atomic E-state index is -0.375. The van der Waals surface area contributed by atoms with E-state index in [0.29, 0.717) is 24.4 Å². The number of nitrogens with zero attached hydrogens (tertiary/aromatic N) is 5. The molecule has 2 fully saturated rings. The Hall–Kier alpha value is -3.46. The number of carbonyl (C=O) groups excluding carboxylic acids is 2. The van der Waals surface area contributed by atoms with Crippen LogP contribution in [0.5, 0.6) is 0 Å². The largest absolute Gasteiger partial charge is 0.444 e. The molecule has 0 spiro atoms. The minimum absolute atomic E-state index is 0.00432. The summed E-state index contributed by atoms with van der Waals surface area (Å²) in [5, 5.41) is 3.40. The molecule has 5 rings (SSSR count). The highest BCUT2D eigenvalue weighted by Crippen LogP contribution is 2.40. The van der Waals surface area contributed by atoms with Gasteiger partial charge in [-0.2, -0.15) is 4.98 Å². The lowest BCUT2D eigenvalue weighted by atomic mass is 9.96. The molecule has 9 nitrogen and oxygen atoms in total. The number of aromatic nitrogens is 2. The van der Waals surface area contributed by atoms with Gasteiger partial charge in [-0.05, 0) is 49.8 Å². The zero-order chi connectivity index (χ0) is 27.4. The number of hydrogen-bond donors (Lipinski definition) is 1. The van der Waals surface area contributed by atoms with Gasteiger partial charge in [-0.1, -0.05) is 50.1 Å². The molecule has 2 atom stereocenters. The van der Waals surface area contributed by atoms with Crippen LogP contribution < -0.4 is 10.2 Å². The van der Waals surface area contributed by atoms with E-state index in [0.717, 1.165) is 49.6 Å². The predicted octanol–water partition coefficient (Wildman–Crippen LogP) is 5.08. The van der Waals surface area contributed by atoms with Crippen molar-refractivity contribution < 1.29 is 14.3 Å². The van der Waals surface area contributed by atoms with Gasteiger partial charge < -0.3 is 15.0 Å². The molecule has 0 radical (unpaired) electrons. The Balaban J connectivity index is 1.24. The number of nitrogens with one attached hydrogen (secondary N) is 1. The first-order chi connectivity index (χ1) is 19.0. The summed E-state index contributed by atoms with van der Waals surface area (Å²) in [6.07, 6.45) is 9.72. The fourth-order valence-corrected chi connectivity index (χ4v) is 5.41. The van der Waals surface area contributed by atoms with Crippen molar-refractivity contribution in [3.05, 3.63) is 59.3 Å². The van der Waals surface area contributed by atoms with Crippen LogP contribution in [0.25, 0.3) is 0 Å². The fraction of sp³-hybridized carbons (Fsp3) is 0.533. The molecule has 2 aromatic rings. The number of cyclic esters (lactones) is 1. The van der Waals surface area contributed by atoms with Crippen LogP contribution in [0, 0.1) is 5.92 Å². The maximum atomic E-state index is 12.4. The second-order valence-electron chi connectivity index (χ2n) is 10.7. The summed E-state index contributed by atoms with van der Waals surface area (Å²) in [6.45, 7) is 10.1. The summed E-state index contributed by atoms with van der Waals surface area (Å²) in [5.74, 6) is 2.04. The lowest BCUT2D eigenvalue weighted by Gasteiger charge is -2.39. The third kappa shape index (κ3) is 6.41. The molecule has 2 aliphatic heterocycles. The summed E-state index contributed by atoms with van der Waals surface area (Å²) in [7, 11) is 0. The second-order valence-corrected chi connectivity index (χ2v) is 10.7. The van der Waals surface area contributed by atoms with E-state index in [2.05, 4.69) is 51.4 Å². The monoisotopic (exact) mass is 532 g/mol. The molecule has 1 aromatic heterocycles. The number of benzene rings is 1. The van der Waals surface area contributed by atoms with E-state index in [9.17, 15) is 9.59 Å². The molecule has 0 unspecified atom stereocenters. The summed E-state index contributed by atoms with van der Waals surface area (Å²) >= 11 is 0. The lowest BCUT2D eigenvalue weighted by molar-refractivity contribution is -0.128. The Labute approximate surface area is 231 Å². The smallest absolute Gasteiger partial charge is 0.415 e. The van der Waals surface area contributed by atoms with Crippen LogP contribution in [0.2, 0.25) is 0 Å². The molecule has 9 heteroatoms. The SMILES string of the molecule is CC/C=C/C(=O)N1CCN([C@@H](CC2CC2)c2ccc([C@H](C)Nc3ncc4c(n3)N(CC)C(=O)OC4)cc2)CC1. The number of carbonyl (C=O) groups is 2. The molecule has 1 saturated carbocycles. The van der Waals surface area contributed by atoms with E-state index >= 15 is 0 Å². The third-order valence-electron chi connectivity index (χ3n) is 7.97. The molecule has 3 heterocycles. The molecule has 1 aromatic carbocycles.